The largest absolute Gasteiger partial charge is 0.506 e. The van der Waals surface area contributed by atoms with Crippen molar-refractivity contribution in [3.8, 4) is 5.75 Å². The van der Waals surface area contributed by atoms with Gasteiger partial charge in [-0.15, -0.1) is 0 Å². The Kier molecular flexibility index (Phi) is 5.53. The molecule has 0 unspecified atom stereocenters. The van der Waals surface area contributed by atoms with Gasteiger partial charge in [0.15, 0.2) is 5.56 Å². The average molecular weight is 386 g/mol. The van der Waals surface area contributed by atoms with E-state index in [1.165, 1.54) is 6.92 Å². The van der Waals surface area contributed by atoms with Crippen molar-refractivity contribution in [1.82, 2.24) is 9.55 Å². The maximum atomic E-state index is 13.0. The van der Waals surface area contributed by atoms with Crippen molar-refractivity contribution in [2.75, 3.05) is 6.61 Å². The first-order chi connectivity index (χ1) is 12.4. The number of nitrogens with zero attached hydrogens (tertiary/aromatic N) is 2. The molecular formula is C18H21F3N2O4. The van der Waals surface area contributed by atoms with Gasteiger partial charge in [0, 0.05) is 6.54 Å². The summed E-state index contributed by atoms with van der Waals surface area (Å²) in [5.41, 5.74) is -3.30. The maximum absolute atomic E-state index is 13.0. The molecule has 2 heterocycles. The Labute approximate surface area is 153 Å². The van der Waals surface area contributed by atoms with Crippen molar-refractivity contribution in [1.29, 1.82) is 0 Å². The smallest absolute Gasteiger partial charge is 0.433 e. The SMILES string of the molecule is CCOC(=O)c1c(O)c2ccc(C(F)(F)F)nc2n(CCC(C)(C)C)c1=O. The molecule has 2 aromatic heterocycles. The summed E-state index contributed by atoms with van der Waals surface area (Å²) in [6.07, 6.45) is -4.28. The lowest BCUT2D eigenvalue weighted by Crippen LogP contribution is -2.30. The average Bonchev–Trinajstić information content (AvgIpc) is 2.52. The maximum Gasteiger partial charge on any atom is 0.433 e. The van der Waals surface area contributed by atoms with Crippen molar-refractivity contribution < 1.29 is 27.8 Å². The first-order valence-corrected chi connectivity index (χ1v) is 8.37. The van der Waals surface area contributed by atoms with E-state index < -0.39 is 34.7 Å². The highest BCUT2D eigenvalue weighted by Gasteiger charge is 2.34. The molecule has 2 aromatic rings. The number of aromatic nitrogens is 2. The Morgan fingerprint density at radius 1 is 1.26 bits per heavy atom. The molecule has 0 aromatic carbocycles. The van der Waals surface area contributed by atoms with E-state index in [0.717, 1.165) is 10.6 Å². The van der Waals surface area contributed by atoms with Gasteiger partial charge in [-0.3, -0.25) is 9.36 Å². The molecule has 0 spiro atoms. The van der Waals surface area contributed by atoms with E-state index in [1.807, 2.05) is 20.8 Å². The number of aryl methyl sites for hydroxylation is 1. The second kappa shape index (κ2) is 7.21. The number of esters is 1. The van der Waals surface area contributed by atoms with Crippen LogP contribution >= 0.6 is 0 Å². The zero-order valence-corrected chi connectivity index (χ0v) is 15.5. The van der Waals surface area contributed by atoms with Crippen LogP contribution in [0.5, 0.6) is 5.75 Å². The summed E-state index contributed by atoms with van der Waals surface area (Å²) in [5.74, 6) is -1.77. The van der Waals surface area contributed by atoms with Crippen LogP contribution in [0.15, 0.2) is 16.9 Å². The standard InChI is InChI=1S/C18H21F3N2O4/c1-5-27-16(26)12-13(24)10-6-7-11(18(19,20)21)22-14(10)23(15(12)25)9-8-17(2,3)4/h6-7,24H,5,8-9H2,1-4H3. The zero-order chi connectivity index (χ0) is 20.6. The van der Waals surface area contributed by atoms with Gasteiger partial charge in [0.25, 0.3) is 5.56 Å². The summed E-state index contributed by atoms with van der Waals surface area (Å²) in [6.45, 7) is 7.25. The Balaban J connectivity index is 2.81. The molecule has 1 N–H and O–H groups in total. The Bertz CT molecular complexity index is 927. The Hall–Kier alpha value is -2.58. The van der Waals surface area contributed by atoms with E-state index in [2.05, 4.69) is 4.98 Å². The summed E-state index contributed by atoms with van der Waals surface area (Å²) < 4.78 is 44.9. The van der Waals surface area contributed by atoms with Crippen LogP contribution < -0.4 is 5.56 Å². The molecule has 0 bridgehead atoms. The van der Waals surface area contributed by atoms with Gasteiger partial charge >= 0.3 is 12.1 Å². The van der Waals surface area contributed by atoms with Crippen LogP contribution in [0.3, 0.4) is 0 Å². The number of pyridine rings is 2. The van der Waals surface area contributed by atoms with E-state index in [-0.39, 0.29) is 29.6 Å². The Morgan fingerprint density at radius 2 is 1.89 bits per heavy atom. The molecule has 6 nitrogen and oxygen atoms in total. The van der Waals surface area contributed by atoms with Crippen LogP contribution in [0.1, 0.15) is 50.2 Å². The third-order valence-corrected chi connectivity index (χ3v) is 3.94. The zero-order valence-electron chi connectivity index (χ0n) is 15.5. The number of rotatable bonds is 4. The van der Waals surface area contributed by atoms with Crippen LogP contribution in [0.2, 0.25) is 0 Å². The fourth-order valence-electron chi connectivity index (χ4n) is 2.51. The lowest BCUT2D eigenvalue weighted by Gasteiger charge is -2.20. The fourth-order valence-corrected chi connectivity index (χ4v) is 2.51. The van der Waals surface area contributed by atoms with Crippen molar-refractivity contribution in [2.45, 2.75) is 46.8 Å². The number of hydrogen-bond donors (Lipinski definition) is 1. The number of ether oxygens (including phenoxy) is 1. The highest BCUT2D eigenvalue weighted by molar-refractivity contribution is 5.98. The summed E-state index contributed by atoms with van der Waals surface area (Å²) >= 11 is 0. The van der Waals surface area contributed by atoms with Crippen LogP contribution in [0, 0.1) is 5.41 Å². The van der Waals surface area contributed by atoms with Crippen LogP contribution in [0.4, 0.5) is 13.2 Å². The summed E-state index contributed by atoms with van der Waals surface area (Å²) in [4.78, 5) is 28.4. The summed E-state index contributed by atoms with van der Waals surface area (Å²) in [7, 11) is 0. The van der Waals surface area contributed by atoms with Gasteiger partial charge in [-0.25, -0.2) is 9.78 Å². The van der Waals surface area contributed by atoms with E-state index >= 15 is 0 Å². The van der Waals surface area contributed by atoms with Crippen molar-refractivity contribution in [3.05, 3.63) is 33.7 Å². The van der Waals surface area contributed by atoms with Gasteiger partial charge in [0.2, 0.25) is 0 Å². The van der Waals surface area contributed by atoms with Gasteiger partial charge in [-0.2, -0.15) is 13.2 Å². The van der Waals surface area contributed by atoms with Crippen molar-refractivity contribution >= 4 is 17.0 Å². The van der Waals surface area contributed by atoms with E-state index in [1.54, 1.807) is 0 Å². The van der Waals surface area contributed by atoms with Crippen molar-refractivity contribution in [3.63, 3.8) is 0 Å². The second-order valence-corrected chi connectivity index (χ2v) is 7.28. The van der Waals surface area contributed by atoms with Gasteiger partial charge in [-0.05, 0) is 30.9 Å². The normalized spacial score (nSPS) is 12.4. The lowest BCUT2D eigenvalue weighted by molar-refractivity contribution is -0.141. The minimum absolute atomic E-state index is 0.0248. The van der Waals surface area contributed by atoms with Crippen LogP contribution in [0.25, 0.3) is 11.0 Å². The number of hydrogen-bond acceptors (Lipinski definition) is 5. The van der Waals surface area contributed by atoms with Gasteiger partial charge in [0.05, 0.1) is 12.0 Å². The Morgan fingerprint density at radius 3 is 2.41 bits per heavy atom. The van der Waals surface area contributed by atoms with E-state index in [4.69, 9.17) is 4.74 Å². The minimum atomic E-state index is -4.71. The number of carbonyl (C=O) groups is 1. The minimum Gasteiger partial charge on any atom is -0.506 e. The van der Waals surface area contributed by atoms with Gasteiger partial charge < -0.3 is 9.84 Å². The quantitative estimate of drug-likeness (QED) is 0.810. The van der Waals surface area contributed by atoms with Gasteiger partial charge in [-0.1, -0.05) is 20.8 Å². The first-order valence-electron chi connectivity index (χ1n) is 8.37. The molecule has 0 aliphatic carbocycles. The summed E-state index contributed by atoms with van der Waals surface area (Å²) in [6, 6.07) is 1.69. The number of fused-ring (bicyclic) bond motifs is 1. The van der Waals surface area contributed by atoms with Crippen LogP contribution in [-0.4, -0.2) is 27.2 Å². The third kappa shape index (κ3) is 4.40. The predicted octanol–water partition coefficient (Wildman–Crippen LogP) is 3.73. The monoisotopic (exact) mass is 386 g/mol. The fraction of sp³-hybridized carbons (Fsp3) is 0.500. The highest BCUT2D eigenvalue weighted by Crippen LogP contribution is 2.32. The molecule has 0 saturated carbocycles. The van der Waals surface area contributed by atoms with E-state index in [9.17, 15) is 27.9 Å². The molecule has 0 saturated heterocycles. The first kappa shape index (κ1) is 20.7. The molecule has 148 valence electrons. The molecule has 0 aliphatic rings. The molecule has 27 heavy (non-hydrogen) atoms. The number of aromatic hydroxyl groups is 1. The summed E-state index contributed by atoms with van der Waals surface area (Å²) in [5, 5.41) is 10.2. The molecule has 0 fully saturated rings. The molecular weight excluding hydrogens is 365 g/mol. The molecule has 0 atom stereocenters. The third-order valence-electron chi connectivity index (χ3n) is 3.94. The lowest BCUT2D eigenvalue weighted by atomic mass is 9.92. The number of halogens is 3. The molecule has 0 aliphatic heterocycles. The molecule has 0 amide bonds. The number of carbonyl (C=O) groups excluding carboxylic acids is 1. The van der Waals surface area contributed by atoms with Crippen molar-refractivity contribution in [2.24, 2.45) is 5.41 Å². The topological polar surface area (TPSA) is 81.4 Å². The van der Waals surface area contributed by atoms with Gasteiger partial charge in [0.1, 0.15) is 17.1 Å². The van der Waals surface area contributed by atoms with E-state index in [0.29, 0.717) is 12.5 Å². The molecule has 9 heteroatoms. The number of alkyl halides is 3. The van der Waals surface area contributed by atoms with Crippen LogP contribution in [-0.2, 0) is 17.5 Å². The molecule has 2 rings (SSSR count). The highest BCUT2D eigenvalue weighted by atomic mass is 19.4. The predicted molar refractivity (Wildman–Crippen MR) is 92.7 cm³/mol. The second-order valence-electron chi connectivity index (χ2n) is 7.28. The molecule has 0 radical (unpaired) electrons.